The molecule has 5 rings (SSSR count). The average Bonchev–Trinajstić information content (AvgIpc) is 3.45. The molecule has 0 spiro atoms. The van der Waals surface area contributed by atoms with Gasteiger partial charge in [-0.3, -0.25) is 9.78 Å². The summed E-state index contributed by atoms with van der Waals surface area (Å²) in [5, 5.41) is 4.33. The first kappa shape index (κ1) is 18.9. The molecule has 0 atom stereocenters. The second-order valence-electron chi connectivity index (χ2n) is 8.39. The number of carbonyl (C=O) groups is 1. The summed E-state index contributed by atoms with van der Waals surface area (Å²) in [5.41, 5.74) is 1.19. The van der Waals surface area contributed by atoms with E-state index in [1.807, 2.05) is 4.90 Å². The van der Waals surface area contributed by atoms with E-state index in [0.29, 0.717) is 41.8 Å². The van der Waals surface area contributed by atoms with Gasteiger partial charge in [-0.2, -0.15) is 4.98 Å². The summed E-state index contributed by atoms with van der Waals surface area (Å²) in [6, 6.07) is 9.59. The van der Waals surface area contributed by atoms with Crippen LogP contribution in [-0.2, 0) is 5.41 Å². The van der Waals surface area contributed by atoms with Crippen molar-refractivity contribution in [1.29, 1.82) is 0 Å². The third-order valence-corrected chi connectivity index (χ3v) is 6.30. The summed E-state index contributed by atoms with van der Waals surface area (Å²) in [7, 11) is 0. The van der Waals surface area contributed by atoms with Crippen molar-refractivity contribution in [3.8, 4) is 11.5 Å². The number of amides is 1. The van der Waals surface area contributed by atoms with Crippen LogP contribution in [0.2, 0.25) is 0 Å². The van der Waals surface area contributed by atoms with Crippen molar-refractivity contribution in [3.63, 3.8) is 0 Å². The number of aromatic nitrogens is 3. The van der Waals surface area contributed by atoms with Crippen LogP contribution >= 0.6 is 0 Å². The summed E-state index contributed by atoms with van der Waals surface area (Å²) in [4.78, 5) is 23.4. The average molecular weight is 406 g/mol. The summed E-state index contributed by atoms with van der Waals surface area (Å²) < 4.78 is 18.8. The molecule has 0 radical (unpaired) electrons. The van der Waals surface area contributed by atoms with E-state index < -0.39 is 0 Å². The summed E-state index contributed by atoms with van der Waals surface area (Å²) in [6.07, 6.45) is 8.40. The second-order valence-corrected chi connectivity index (χ2v) is 8.39. The molecular weight excluding hydrogens is 383 g/mol. The molecule has 1 aliphatic carbocycles. The number of halogens is 1. The van der Waals surface area contributed by atoms with Crippen LogP contribution in [0.4, 0.5) is 4.39 Å². The molecule has 1 aliphatic heterocycles. The molecule has 3 aromatic rings. The highest BCUT2D eigenvalue weighted by molar-refractivity contribution is 5.94. The molecule has 154 valence electrons. The number of carbonyl (C=O) groups excluding carboxylic acids is 1. The maximum absolute atomic E-state index is 13.2. The van der Waals surface area contributed by atoms with Gasteiger partial charge in [0.1, 0.15) is 5.82 Å². The first-order valence-corrected chi connectivity index (χ1v) is 10.4. The van der Waals surface area contributed by atoms with Crippen LogP contribution in [0.3, 0.4) is 0 Å². The van der Waals surface area contributed by atoms with Crippen LogP contribution < -0.4 is 0 Å². The number of hydrogen-bond acceptors (Lipinski definition) is 5. The lowest BCUT2D eigenvalue weighted by atomic mass is 9.73. The van der Waals surface area contributed by atoms with E-state index in [-0.39, 0.29) is 17.1 Å². The largest absolute Gasteiger partial charge is 0.339 e. The van der Waals surface area contributed by atoms with Gasteiger partial charge in [0, 0.05) is 42.0 Å². The van der Waals surface area contributed by atoms with E-state index in [1.165, 1.54) is 25.0 Å². The van der Waals surface area contributed by atoms with Crippen molar-refractivity contribution in [2.24, 2.45) is 5.92 Å². The number of piperidine rings is 1. The van der Waals surface area contributed by atoms with Gasteiger partial charge in [0.25, 0.3) is 11.8 Å². The van der Waals surface area contributed by atoms with Crippen molar-refractivity contribution in [2.75, 3.05) is 13.1 Å². The first-order valence-electron chi connectivity index (χ1n) is 10.4. The molecule has 1 aromatic carbocycles. The third-order valence-electron chi connectivity index (χ3n) is 6.30. The Morgan fingerprint density at radius 3 is 2.47 bits per heavy atom. The summed E-state index contributed by atoms with van der Waals surface area (Å²) in [6.45, 7) is 1.32. The number of nitrogens with zero attached hydrogens (tertiary/aromatic N) is 4. The first-order chi connectivity index (χ1) is 14.6. The van der Waals surface area contributed by atoms with E-state index in [0.717, 1.165) is 19.3 Å². The molecule has 0 unspecified atom stereocenters. The number of benzene rings is 1. The molecule has 1 saturated carbocycles. The van der Waals surface area contributed by atoms with Crippen LogP contribution in [0.15, 0.2) is 53.3 Å². The standard InChI is InChI=1S/C23H23FN4O2/c24-19-5-3-17(4-6-19)20-26-22(27-30-20)23(15-16-1-2-16)9-13-28(14-10-23)21(29)18-7-11-25-12-8-18/h3-8,11-12,16H,1-2,9-10,13-15H2. The zero-order valence-corrected chi connectivity index (χ0v) is 16.6. The number of hydrogen-bond donors (Lipinski definition) is 0. The van der Waals surface area contributed by atoms with Crippen molar-refractivity contribution >= 4 is 5.91 Å². The fourth-order valence-corrected chi connectivity index (χ4v) is 4.36. The van der Waals surface area contributed by atoms with E-state index >= 15 is 0 Å². The molecule has 1 amide bonds. The number of rotatable bonds is 5. The minimum atomic E-state index is -0.296. The molecule has 2 aromatic heterocycles. The van der Waals surface area contributed by atoms with Crippen molar-refractivity contribution < 1.29 is 13.7 Å². The van der Waals surface area contributed by atoms with Crippen LogP contribution in [-0.4, -0.2) is 39.0 Å². The van der Waals surface area contributed by atoms with E-state index in [2.05, 4.69) is 10.1 Å². The van der Waals surface area contributed by atoms with Gasteiger partial charge >= 0.3 is 0 Å². The quantitative estimate of drug-likeness (QED) is 0.634. The van der Waals surface area contributed by atoms with Crippen molar-refractivity contribution in [3.05, 3.63) is 66.0 Å². The molecule has 3 heterocycles. The molecule has 1 saturated heterocycles. The Morgan fingerprint density at radius 1 is 1.10 bits per heavy atom. The lowest BCUT2D eigenvalue weighted by Gasteiger charge is -2.40. The van der Waals surface area contributed by atoms with Gasteiger partial charge < -0.3 is 9.42 Å². The minimum absolute atomic E-state index is 0.0394. The lowest BCUT2D eigenvalue weighted by molar-refractivity contribution is 0.0645. The Hall–Kier alpha value is -3.09. The van der Waals surface area contributed by atoms with Crippen molar-refractivity contribution in [1.82, 2.24) is 20.0 Å². The molecule has 0 N–H and O–H groups in total. The summed E-state index contributed by atoms with van der Waals surface area (Å²) in [5.74, 6) is 1.56. The van der Waals surface area contributed by atoms with Crippen LogP contribution in [0.1, 0.15) is 48.3 Å². The van der Waals surface area contributed by atoms with Gasteiger partial charge in [-0.15, -0.1) is 0 Å². The molecule has 30 heavy (non-hydrogen) atoms. The smallest absolute Gasteiger partial charge is 0.257 e. The molecule has 0 bridgehead atoms. The minimum Gasteiger partial charge on any atom is -0.339 e. The fraction of sp³-hybridized carbons (Fsp3) is 0.391. The zero-order valence-electron chi connectivity index (χ0n) is 16.6. The maximum atomic E-state index is 13.2. The van der Waals surface area contributed by atoms with Crippen LogP contribution in [0, 0.1) is 11.7 Å². The van der Waals surface area contributed by atoms with E-state index in [1.54, 1.807) is 36.7 Å². The van der Waals surface area contributed by atoms with Gasteiger partial charge in [-0.1, -0.05) is 18.0 Å². The van der Waals surface area contributed by atoms with Gasteiger partial charge in [0.05, 0.1) is 0 Å². The van der Waals surface area contributed by atoms with Gasteiger partial charge in [-0.25, -0.2) is 4.39 Å². The Bertz CT molecular complexity index is 1020. The predicted molar refractivity (Wildman–Crippen MR) is 108 cm³/mol. The normalized spacial score (nSPS) is 18.4. The third kappa shape index (κ3) is 3.72. The monoisotopic (exact) mass is 406 g/mol. The van der Waals surface area contributed by atoms with Crippen LogP contribution in [0.5, 0.6) is 0 Å². The fourth-order valence-electron chi connectivity index (χ4n) is 4.36. The Labute approximate surface area is 174 Å². The highest BCUT2D eigenvalue weighted by Crippen LogP contribution is 2.47. The second kappa shape index (κ2) is 7.63. The predicted octanol–water partition coefficient (Wildman–Crippen LogP) is 4.24. The molecule has 2 fully saturated rings. The molecule has 2 aliphatic rings. The summed E-state index contributed by atoms with van der Waals surface area (Å²) >= 11 is 0. The van der Waals surface area contributed by atoms with Gasteiger partial charge in [-0.05, 0) is 61.6 Å². The van der Waals surface area contributed by atoms with E-state index in [9.17, 15) is 9.18 Å². The molecule has 6 nitrogen and oxygen atoms in total. The zero-order chi connectivity index (χ0) is 20.6. The SMILES string of the molecule is O=C(c1ccncc1)N1CCC(CC2CC2)(c2noc(-c3ccc(F)cc3)n2)CC1. The highest BCUT2D eigenvalue weighted by Gasteiger charge is 2.44. The Morgan fingerprint density at radius 2 is 1.80 bits per heavy atom. The van der Waals surface area contributed by atoms with Gasteiger partial charge in [0.15, 0.2) is 5.82 Å². The topological polar surface area (TPSA) is 72.1 Å². The highest BCUT2D eigenvalue weighted by atomic mass is 19.1. The van der Waals surface area contributed by atoms with Crippen LogP contribution in [0.25, 0.3) is 11.5 Å². The van der Waals surface area contributed by atoms with Crippen molar-refractivity contribution in [2.45, 2.75) is 37.5 Å². The van der Waals surface area contributed by atoms with Gasteiger partial charge in [0.2, 0.25) is 0 Å². The molecule has 7 heteroatoms. The molecular formula is C23H23FN4O2. The lowest BCUT2D eigenvalue weighted by Crippen LogP contribution is -2.46. The number of pyridine rings is 1. The Kier molecular flexibility index (Phi) is 4.81. The number of likely N-dealkylation sites (tertiary alicyclic amines) is 1. The van der Waals surface area contributed by atoms with E-state index in [4.69, 9.17) is 9.51 Å². The maximum Gasteiger partial charge on any atom is 0.257 e. The Balaban J connectivity index is 1.36.